The normalized spacial score (nSPS) is 12.7. The number of carboxylic acids is 1. The highest BCUT2D eigenvalue weighted by Crippen LogP contribution is 2.37. The van der Waals surface area contributed by atoms with Crippen LogP contribution >= 0.6 is 0 Å². The van der Waals surface area contributed by atoms with Gasteiger partial charge in [-0.1, -0.05) is 24.3 Å². The van der Waals surface area contributed by atoms with Gasteiger partial charge >= 0.3 is 5.97 Å². The Kier molecular flexibility index (Phi) is 5.37. The van der Waals surface area contributed by atoms with Gasteiger partial charge in [-0.3, -0.25) is 9.59 Å². The predicted molar refractivity (Wildman–Crippen MR) is 124 cm³/mol. The van der Waals surface area contributed by atoms with Gasteiger partial charge in [0.15, 0.2) is 11.6 Å². The molecule has 9 heteroatoms. The van der Waals surface area contributed by atoms with Gasteiger partial charge in [0, 0.05) is 5.39 Å². The van der Waals surface area contributed by atoms with Crippen LogP contribution in [0.4, 0.5) is 10.2 Å². The highest BCUT2D eigenvalue weighted by atomic mass is 19.1. The van der Waals surface area contributed by atoms with Crippen LogP contribution in [0.2, 0.25) is 0 Å². The van der Waals surface area contributed by atoms with Crippen LogP contribution in [0.1, 0.15) is 36.6 Å². The first-order valence-electron chi connectivity index (χ1n) is 10.5. The van der Waals surface area contributed by atoms with Crippen molar-refractivity contribution in [1.82, 2.24) is 4.98 Å². The molecule has 3 aromatic carbocycles. The number of carboxylic acid groups (broad SMARTS) is 1. The van der Waals surface area contributed by atoms with E-state index in [9.17, 15) is 23.9 Å². The number of carbonyl (C=O) groups is 3. The summed E-state index contributed by atoms with van der Waals surface area (Å²) >= 11 is 0. The van der Waals surface area contributed by atoms with Gasteiger partial charge in [-0.05, 0) is 48.0 Å². The van der Waals surface area contributed by atoms with Crippen molar-refractivity contribution in [1.29, 1.82) is 0 Å². The molecule has 1 aliphatic rings. The molecular formula is C26H17FN2O6. The van der Waals surface area contributed by atoms with E-state index in [0.29, 0.717) is 5.75 Å². The summed E-state index contributed by atoms with van der Waals surface area (Å²) in [4.78, 5) is 42.7. The fourth-order valence-electron chi connectivity index (χ4n) is 3.87. The minimum atomic E-state index is -1.31. The van der Waals surface area contributed by atoms with Gasteiger partial charge in [-0.2, -0.15) is 0 Å². The molecule has 174 valence electrons. The number of fused-ring (bicyclic) bond motifs is 2. The maximum atomic E-state index is 14.8. The minimum Gasteiger partial charge on any atom is -0.497 e. The number of hydrogen-bond donors (Lipinski definition) is 1. The van der Waals surface area contributed by atoms with Crippen LogP contribution in [-0.4, -0.2) is 35.0 Å². The van der Waals surface area contributed by atoms with E-state index in [1.54, 1.807) is 43.5 Å². The lowest BCUT2D eigenvalue weighted by Crippen LogP contribution is -2.30. The van der Waals surface area contributed by atoms with E-state index in [2.05, 4.69) is 4.98 Å². The minimum absolute atomic E-state index is 0.0183. The highest BCUT2D eigenvalue weighted by molar-refractivity contribution is 6.34. The van der Waals surface area contributed by atoms with Crippen molar-refractivity contribution in [2.75, 3.05) is 12.0 Å². The molecule has 0 aliphatic carbocycles. The first-order chi connectivity index (χ1) is 16.9. The molecule has 2 amide bonds. The summed E-state index contributed by atoms with van der Waals surface area (Å²) in [6.07, 6.45) is 0. The summed E-state index contributed by atoms with van der Waals surface area (Å²) in [6.45, 7) is 0.0362. The van der Waals surface area contributed by atoms with Crippen molar-refractivity contribution in [2.45, 2.75) is 6.61 Å². The summed E-state index contributed by atoms with van der Waals surface area (Å²) < 4.78 is 25.9. The largest absolute Gasteiger partial charge is 0.497 e. The van der Waals surface area contributed by atoms with Gasteiger partial charge in [-0.25, -0.2) is 19.1 Å². The number of amides is 2. The molecule has 0 unspecified atom stereocenters. The molecule has 35 heavy (non-hydrogen) atoms. The zero-order chi connectivity index (χ0) is 24.7. The molecule has 5 rings (SSSR count). The lowest BCUT2D eigenvalue weighted by Gasteiger charge is -2.19. The second-order valence-electron chi connectivity index (χ2n) is 7.77. The van der Waals surface area contributed by atoms with Crippen LogP contribution < -0.4 is 14.4 Å². The van der Waals surface area contributed by atoms with Crippen LogP contribution in [0.25, 0.3) is 10.9 Å². The number of aromatic carboxylic acids is 1. The smallest absolute Gasteiger partial charge is 0.335 e. The number of carbonyl (C=O) groups excluding carboxylic acids is 2. The Bertz CT molecular complexity index is 1480. The number of benzene rings is 3. The first-order valence-corrected chi connectivity index (χ1v) is 10.5. The Morgan fingerprint density at radius 3 is 2.26 bits per heavy atom. The van der Waals surface area contributed by atoms with E-state index < -0.39 is 23.6 Å². The fourth-order valence-corrected chi connectivity index (χ4v) is 3.87. The topological polar surface area (TPSA) is 106 Å². The van der Waals surface area contributed by atoms with Crippen LogP contribution in [0, 0.1) is 5.82 Å². The molecule has 1 aliphatic heterocycles. The van der Waals surface area contributed by atoms with Crippen LogP contribution in [0.3, 0.4) is 0 Å². The number of rotatable bonds is 6. The van der Waals surface area contributed by atoms with Crippen molar-refractivity contribution in [3.05, 3.63) is 94.8 Å². The van der Waals surface area contributed by atoms with Crippen LogP contribution in [0.15, 0.2) is 66.7 Å². The van der Waals surface area contributed by atoms with Crippen molar-refractivity contribution in [3.63, 3.8) is 0 Å². The van der Waals surface area contributed by atoms with Crippen molar-refractivity contribution in [2.24, 2.45) is 0 Å². The monoisotopic (exact) mass is 472 g/mol. The van der Waals surface area contributed by atoms with Gasteiger partial charge in [0.25, 0.3) is 11.8 Å². The Labute approximate surface area is 198 Å². The molecular weight excluding hydrogens is 455 g/mol. The second kappa shape index (κ2) is 8.53. The van der Waals surface area contributed by atoms with Crippen molar-refractivity contribution < 1.29 is 33.4 Å². The number of pyridine rings is 1. The number of nitrogens with zero attached hydrogens (tertiary/aromatic N) is 2. The van der Waals surface area contributed by atoms with Gasteiger partial charge in [-0.15, -0.1) is 0 Å². The molecule has 0 spiro atoms. The third-order valence-electron chi connectivity index (χ3n) is 5.62. The van der Waals surface area contributed by atoms with Crippen LogP contribution in [0.5, 0.6) is 11.5 Å². The van der Waals surface area contributed by atoms with Gasteiger partial charge in [0.05, 0.1) is 23.8 Å². The number of imide groups is 1. The third kappa shape index (κ3) is 3.82. The molecule has 0 saturated carbocycles. The van der Waals surface area contributed by atoms with E-state index in [4.69, 9.17) is 9.47 Å². The predicted octanol–water partition coefficient (Wildman–Crippen LogP) is 4.46. The van der Waals surface area contributed by atoms with E-state index in [1.165, 1.54) is 24.3 Å². The molecule has 2 heterocycles. The first kappa shape index (κ1) is 22.0. The van der Waals surface area contributed by atoms with Gasteiger partial charge < -0.3 is 14.6 Å². The number of halogens is 1. The number of hydrogen-bond acceptors (Lipinski definition) is 6. The zero-order valence-corrected chi connectivity index (χ0v) is 18.3. The molecule has 0 radical (unpaired) electrons. The molecule has 0 saturated heterocycles. The van der Waals surface area contributed by atoms with Gasteiger partial charge in [0.1, 0.15) is 23.7 Å². The standard InChI is InChI=1S/C26H17FN2O6/c1-34-17-8-6-14(7-9-17)13-35-21-12-15-10-16(26(32)33)11-20(27)22(15)28-23(21)29-24(30)18-4-2-3-5-19(18)25(29)31/h2-12H,13H2,1H3,(H,32,33). The Hall–Kier alpha value is -4.79. The van der Waals surface area contributed by atoms with Crippen molar-refractivity contribution >= 4 is 34.5 Å². The highest BCUT2D eigenvalue weighted by Gasteiger charge is 2.39. The number of anilines is 1. The summed E-state index contributed by atoms with van der Waals surface area (Å²) in [6, 6.07) is 16.8. The quantitative estimate of drug-likeness (QED) is 0.413. The lowest BCUT2D eigenvalue weighted by atomic mass is 10.1. The van der Waals surface area contributed by atoms with Crippen molar-refractivity contribution in [3.8, 4) is 11.5 Å². The number of ether oxygens (including phenoxy) is 2. The average Bonchev–Trinajstić information content (AvgIpc) is 3.12. The molecule has 1 aromatic heterocycles. The van der Waals surface area contributed by atoms with Crippen LogP contribution in [-0.2, 0) is 6.61 Å². The summed E-state index contributed by atoms with van der Waals surface area (Å²) in [5.74, 6) is -2.95. The second-order valence-corrected chi connectivity index (χ2v) is 7.77. The number of aromatic nitrogens is 1. The van der Waals surface area contributed by atoms with E-state index in [-0.39, 0.29) is 45.8 Å². The molecule has 0 atom stereocenters. The maximum absolute atomic E-state index is 14.8. The Morgan fingerprint density at radius 1 is 1.00 bits per heavy atom. The molecule has 0 bridgehead atoms. The molecule has 4 aromatic rings. The van der Waals surface area contributed by atoms with Gasteiger partial charge in [0.2, 0.25) is 0 Å². The fraction of sp³-hybridized carbons (Fsp3) is 0.0769. The summed E-state index contributed by atoms with van der Waals surface area (Å²) in [5.41, 5.74) is 0.679. The maximum Gasteiger partial charge on any atom is 0.335 e. The SMILES string of the molecule is COc1ccc(COc2cc3cc(C(=O)O)cc(F)c3nc2N2C(=O)c3ccccc3C2=O)cc1. The van der Waals surface area contributed by atoms with E-state index >= 15 is 0 Å². The summed E-state index contributed by atoms with van der Waals surface area (Å²) in [7, 11) is 1.55. The number of methoxy groups -OCH3 is 1. The molecule has 1 N–H and O–H groups in total. The van der Waals surface area contributed by atoms with E-state index in [1.807, 2.05) is 0 Å². The Morgan fingerprint density at radius 2 is 1.66 bits per heavy atom. The average molecular weight is 472 g/mol. The summed E-state index contributed by atoms with van der Waals surface area (Å²) in [5, 5.41) is 9.45. The molecule has 8 nitrogen and oxygen atoms in total. The third-order valence-corrected chi connectivity index (χ3v) is 5.62. The lowest BCUT2D eigenvalue weighted by molar-refractivity contribution is 0.0696. The molecule has 0 fully saturated rings. The van der Waals surface area contributed by atoms with E-state index in [0.717, 1.165) is 16.5 Å². The zero-order valence-electron chi connectivity index (χ0n) is 18.3. The Balaban J connectivity index is 1.62.